The molecule has 4 nitrogen and oxygen atoms in total. The highest BCUT2D eigenvalue weighted by atomic mass is 16.4. The van der Waals surface area contributed by atoms with Crippen molar-refractivity contribution in [3.63, 3.8) is 0 Å². The molecule has 3 rings (SSSR count). The van der Waals surface area contributed by atoms with Crippen molar-refractivity contribution in [1.82, 2.24) is 9.88 Å². The maximum Gasteiger partial charge on any atom is 0.291 e. The number of aromatic nitrogens is 1. The average molecular weight is 248 g/mol. The third kappa shape index (κ3) is 1.84. The van der Waals surface area contributed by atoms with Crippen molar-refractivity contribution in [2.45, 2.75) is 52.0 Å². The van der Waals surface area contributed by atoms with Crippen LogP contribution in [0.3, 0.4) is 0 Å². The third-order valence-corrected chi connectivity index (χ3v) is 4.37. The summed E-state index contributed by atoms with van der Waals surface area (Å²) in [4.78, 5) is 18.7. The molecule has 1 aromatic rings. The molecule has 0 aromatic carbocycles. The van der Waals surface area contributed by atoms with E-state index in [0.717, 1.165) is 25.1 Å². The van der Waals surface area contributed by atoms with Crippen LogP contribution in [0.5, 0.6) is 0 Å². The van der Waals surface area contributed by atoms with E-state index in [0.29, 0.717) is 23.6 Å². The fourth-order valence-electron chi connectivity index (χ4n) is 3.52. The van der Waals surface area contributed by atoms with Gasteiger partial charge in [-0.25, -0.2) is 4.98 Å². The van der Waals surface area contributed by atoms with Gasteiger partial charge in [-0.05, 0) is 32.1 Å². The minimum atomic E-state index is 0.0440. The van der Waals surface area contributed by atoms with Crippen molar-refractivity contribution in [3.8, 4) is 0 Å². The lowest BCUT2D eigenvalue weighted by Gasteiger charge is -2.31. The van der Waals surface area contributed by atoms with Crippen molar-refractivity contribution < 1.29 is 9.21 Å². The zero-order valence-corrected chi connectivity index (χ0v) is 11.1. The van der Waals surface area contributed by atoms with Crippen LogP contribution in [0.25, 0.3) is 0 Å². The summed E-state index contributed by atoms with van der Waals surface area (Å²) in [5.74, 6) is 1.78. The molecule has 4 heteroatoms. The highest BCUT2D eigenvalue weighted by Crippen LogP contribution is 2.37. The number of likely N-dealkylation sites (tertiary alicyclic amines) is 1. The Kier molecular flexibility index (Phi) is 2.88. The van der Waals surface area contributed by atoms with Gasteiger partial charge < -0.3 is 9.32 Å². The molecule has 0 radical (unpaired) electrons. The number of aryl methyl sites for hydroxylation is 2. The van der Waals surface area contributed by atoms with Crippen molar-refractivity contribution in [3.05, 3.63) is 17.3 Å². The van der Waals surface area contributed by atoms with E-state index in [-0.39, 0.29) is 5.91 Å². The van der Waals surface area contributed by atoms with Crippen LogP contribution in [0.15, 0.2) is 4.42 Å². The van der Waals surface area contributed by atoms with Crippen LogP contribution in [0.4, 0.5) is 0 Å². The van der Waals surface area contributed by atoms with Crippen molar-refractivity contribution in [2.75, 3.05) is 6.54 Å². The number of fused-ring (bicyclic) bond motifs is 1. The number of carbonyl (C=O) groups excluding carboxylic acids is 1. The third-order valence-electron chi connectivity index (χ3n) is 4.37. The lowest BCUT2D eigenvalue weighted by Crippen LogP contribution is -2.39. The molecule has 2 heterocycles. The smallest absolute Gasteiger partial charge is 0.291 e. The lowest BCUT2D eigenvalue weighted by molar-refractivity contribution is 0.0655. The zero-order chi connectivity index (χ0) is 12.7. The van der Waals surface area contributed by atoms with Crippen LogP contribution < -0.4 is 0 Å². The van der Waals surface area contributed by atoms with E-state index in [1.165, 1.54) is 19.3 Å². The molecule has 1 amide bonds. The second-order valence-electron chi connectivity index (χ2n) is 5.55. The number of hydrogen-bond donors (Lipinski definition) is 0. The lowest BCUT2D eigenvalue weighted by atomic mass is 9.85. The molecule has 2 unspecified atom stereocenters. The summed E-state index contributed by atoms with van der Waals surface area (Å²) >= 11 is 0. The van der Waals surface area contributed by atoms with Gasteiger partial charge in [-0.15, -0.1) is 0 Å². The first-order valence-electron chi connectivity index (χ1n) is 6.92. The van der Waals surface area contributed by atoms with E-state index >= 15 is 0 Å². The highest BCUT2D eigenvalue weighted by molar-refractivity contribution is 5.92. The average Bonchev–Trinajstić information content (AvgIpc) is 2.92. The molecule has 1 aliphatic carbocycles. The van der Waals surface area contributed by atoms with Gasteiger partial charge in [0.25, 0.3) is 5.91 Å². The first-order chi connectivity index (χ1) is 8.66. The summed E-state index contributed by atoms with van der Waals surface area (Å²) in [6.07, 6.45) is 6.16. The Morgan fingerprint density at radius 3 is 2.78 bits per heavy atom. The van der Waals surface area contributed by atoms with Gasteiger partial charge in [0.15, 0.2) is 5.89 Å². The molecule has 0 bridgehead atoms. The minimum absolute atomic E-state index is 0.0440. The molecule has 1 saturated heterocycles. The van der Waals surface area contributed by atoms with Crippen LogP contribution in [0.2, 0.25) is 0 Å². The quantitative estimate of drug-likeness (QED) is 0.767. The van der Waals surface area contributed by atoms with E-state index < -0.39 is 0 Å². The number of amides is 1. The normalized spacial score (nSPS) is 27.3. The number of hydrogen-bond acceptors (Lipinski definition) is 3. The molecule has 18 heavy (non-hydrogen) atoms. The highest BCUT2D eigenvalue weighted by Gasteiger charge is 2.39. The van der Waals surface area contributed by atoms with Gasteiger partial charge in [0.1, 0.15) is 0 Å². The molecule has 0 N–H and O–H groups in total. The number of carbonyl (C=O) groups is 1. The zero-order valence-electron chi connectivity index (χ0n) is 11.1. The number of oxazole rings is 1. The topological polar surface area (TPSA) is 46.3 Å². The summed E-state index contributed by atoms with van der Waals surface area (Å²) in [5, 5.41) is 0. The van der Waals surface area contributed by atoms with Gasteiger partial charge in [-0.2, -0.15) is 0 Å². The van der Waals surface area contributed by atoms with Gasteiger partial charge in [0.05, 0.1) is 5.69 Å². The Balaban J connectivity index is 1.82. The van der Waals surface area contributed by atoms with Crippen LogP contribution in [-0.2, 0) is 0 Å². The molecule has 1 aromatic heterocycles. The summed E-state index contributed by atoms with van der Waals surface area (Å²) in [5.41, 5.74) is 0.719. The van der Waals surface area contributed by atoms with Crippen molar-refractivity contribution in [2.24, 2.45) is 5.92 Å². The fraction of sp³-hybridized carbons (Fsp3) is 0.714. The maximum absolute atomic E-state index is 12.5. The van der Waals surface area contributed by atoms with E-state index in [2.05, 4.69) is 4.98 Å². The van der Waals surface area contributed by atoms with Crippen LogP contribution in [0, 0.1) is 19.8 Å². The van der Waals surface area contributed by atoms with Gasteiger partial charge >= 0.3 is 0 Å². The summed E-state index contributed by atoms with van der Waals surface area (Å²) < 4.78 is 5.47. The van der Waals surface area contributed by atoms with Gasteiger partial charge in [0, 0.05) is 19.5 Å². The first-order valence-corrected chi connectivity index (χ1v) is 6.92. The molecule has 2 fully saturated rings. The Morgan fingerprint density at radius 2 is 2.06 bits per heavy atom. The van der Waals surface area contributed by atoms with E-state index in [1.54, 1.807) is 6.92 Å². The molecular formula is C14H20N2O2. The monoisotopic (exact) mass is 248 g/mol. The Morgan fingerprint density at radius 1 is 1.28 bits per heavy atom. The molecule has 0 spiro atoms. The molecule has 2 atom stereocenters. The summed E-state index contributed by atoms with van der Waals surface area (Å²) in [6.45, 7) is 4.52. The number of nitrogens with zero attached hydrogens (tertiary/aromatic N) is 2. The van der Waals surface area contributed by atoms with Crippen LogP contribution >= 0.6 is 0 Å². The van der Waals surface area contributed by atoms with Crippen LogP contribution in [-0.4, -0.2) is 28.4 Å². The summed E-state index contributed by atoms with van der Waals surface area (Å²) in [6, 6.07) is 0.441. The molecule has 98 valence electrons. The second kappa shape index (κ2) is 4.41. The molecule has 1 aliphatic heterocycles. The van der Waals surface area contributed by atoms with Gasteiger partial charge in [-0.1, -0.05) is 12.8 Å². The minimum Gasteiger partial charge on any atom is -0.436 e. The SMILES string of the molecule is Cc1nc(C)c(C(=O)N2CCC3CCCCC32)o1. The van der Waals surface area contributed by atoms with E-state index in [4.69, 9.17) is 4.42 Å². The van der Waals surface area contributed by atoms with E-state index in [1.807, 2.05) is 11.8 Å². The predicted molar refractivity (Wildman–Crippen MR) is 67.4 cm³/mol. The van der Waals surface area contributed by atoms with Crippen LogP contribution in [0.1, 0.15) is 54.2 Å². The standard InChI is InChI=1S/C14H20N2O2/c1-9-13(18-10(2)15-9)14(17)16-8-7-11-5-3-4-6-12(11)16/h11-12H,3-8H2,1-2H3. The second-order valence-corrected chi connectivity index (χ2v) is 5.55. The fourth-order valence-corrected chi connectivity index (χ4v) is 3.52. The Hall–Kier alpha value is -1.32. The van der Waals surface area contributed by atoms with Gasteiger partial charge in [0.2, 0.25) is 5.76 Å². The molecule has 1 saturated carbocycles. The molecule has 2 aliphatic rings. The first kappa shape index (κ1) is 11.8. The predicted octanol–water partition coefficient (Wildman–Crippen LogP) is 2.70. The number of rotatable bonds is 1. The Bertz CT molecular complexity index is 466. The van der Waals surface area contributed by atoms with Crippen molar-refractivity contribution in [1.29, 1.82) is 0 Å². The van der Waals surface area contributed by atoms with Crippen molar-refractivity contribution >= 4 is 5.91 Å². The largest absolute Gasteiger partial charge is 0.436 e. The van der Waals surface area contributed by atoms with E-state index in [9.17, 15) is 4.79 Å². The Labute approximate surface area is 107 Å². The van der Waals surface area contributed by atoms with Gasteiger partial charge in [-0.3, -0.25) is 4.79 Å². The maximum atomic E-state index is 12.5. The summed E-state index contributed by atoms with van der Waals surface area (Å²) in [7, 11) is 0. The molecular weight excluding hydrogens is 228 g/mol.